The number of amides is 2. The van der Waals surface area contributed by atoms with Gasteiger partial charge in [0, 0.05) is 37.3 Å². The Hall–Kier alpha value is -3.47. The maximum absolute atomic E-state index is 13.6. The maximum Gasteiger partial charge on any atom is 0.254 e. The molecular weight excluding hydrogens is 403 g/mol. The van der Waals surface area contributed by atoms with E-state index in [0.29, 0.717) is 24.2 Å². The van der Waals surface area contributed by atoms with Crippen LogP contribution >= 0.6 is 0 Å². The first-order chi connectivity index (χ1) is 15.5. The van der Waals surface area contributed by atoms with Crippen LogP contribution in [0.2, 0.25) is 0 Å². The number of carbonyl (C=O) groups is 2. The van der Waals surface area contributed by atoms with Gasteiger partial charge in [-0.2, -0.15) is 0 Å². The van der Waals surface area contributed by atoms with Gasteiger partial charge in [0.15, 0.2) is 0 Å². The highest BCUT2D eigenvalue weighted by Crippen LogP contribution is 2.27. The highest BCUT2D eigenvalue weighted by molar-refractivity contribution is 6.01. The SMILES string of the molecule is CN(C[C@@H]1CCCCN1C(=O)c1ccccc1-c1ccccc1)C(=O)c1ccc(F)cc1. The molecule has 0 bridgehead atoms. The van der Waals surface area contributed by atoms with E-state index in [0.717, 1.165) is 30.4 Å². The average Bonchev–Trinajstić information content (AvgIpc) is 2.84. The lowest BCUT2D eigenvalue weighted by atomic mass is 9.96. The molecule has 1 atom stereocenters. The molecule has 1 fully saturated rings. The minimum Gasteiger partial charge on any atom is -0.340 e. The Kier molecular flexibility index (Phi) is 6.64. The minimum absolute atomic E-state index is 0.00298. The molecule has 4 rings (SSSR count). The summed E-state index contributed by atoms with van der Waals surface area (Å²) in [6, 6.07) is 23.1. The molecule has 2 amide bonds. The van der Waals surface area contributed by atoms with Gasteiger partial charge in [0.1, 0.15) is 5.82 Å². The van der Waals surface area contributed by atoms with Crippen molar-refractivity contribution in [2.45, 2.75) is 25.3 Å². The van der Waals surface area contributed by atoms with Gasteiger partial charge in [0.25, 0.3) is 11.8 Å². The predicted octanol–water partition coefficient (Wildman–Crippen LogP) is 5.26. The number of halogens is 1. The highest BCUT2D eigenvalue weighted by Gasteiger charge is 2.30. The van der Waals surface area contributed by atoms with Crippen LogP contribution in [0.25, 0.3) is 11.1 Å². The Balaban J connectivity index is 1.55. The molecule has 1 saturated heterocycles. The van der Waals surface area contributed by atoms with Crippen molar-refractivity contribution in [1.82, 2.24) is 9.80 Å². The Bertz CT molecular complexity index is 1080. The number of likely N-dealkylation sites (N-methyl/N-ethyl adjacent to an activating group) is 1. The van der Waals surface area contributed by atoms with Crippen LogP contribution in [-0.2, 0) is 0 Å². The summed E-state index contributed by atoms with van der Waals surface area (Å²) in [5, 5.41) is 0. The van der Waals surface area contributed by atoms with Crippen LogP contribution in [0.1, 0.15) is 40.0 Å². The molecular formula is C27H27FN2O2. The first-order valence-corrected chi connectivity index (χ1v) is 11.0. The molecule has 0 aliphatic carbocycles. The molecule has 4 nitrogen and oxygen atoms in total. The lowest BCUT2D eigenvalue weighted by Gasteiger charge is -2.38. The molecule has 0 aromatic heterocycles. The second-order valence-electron chi connectivity index (χ2n) is 8.25. The third-order valence-electron chi connectivity index (χ3n) is 6.05. The molecule has 0 radical (unpaired) electrons. The lowest BCUT2D eigenvalue weighted by molar-refractivity contribution is 0.0520. The van der Waals surface area contributed by atoms with Gasteiger partial charge in [-0.05, 0) is 60.7 Å². The van der Waals surface area contributed by atoms with E-state index in [1.807, 2.05) is 59.5 Å². The number of nitrogens with zero attached hydrogens (tertiary/aromatic N) is 2. The summed E-state index contributed by atoms with van der Waals surface area (Å²) in [5.41, 5.74) is 3.04. The topological polar surface area (TPSA) is 40.6 Å². The zero-order chi connectivity index (χ0) is 22.5. The van der Waals surface area contributed by atoms with Gasteiger partial charge in [0.05, 0.1) is 0 Å². The van der Waals surface area contributed by atoms with Crippen molar-refractivity contribution in [3.05, 3.63) is 95.8 Å². The van der Waals surface area contributed by atoms with E-state index in [1.165, 1.54) is 24.3 Å². The molecule has 3 aromatic carbocycles. The highest BCUT2D eigenvalue weighted by atomic mass is 19.1. The van der Waals surface area contributed by atoms with Crippen LogP contribution in [-0.4, -0.2) is 47.8 Å². The van der Waals surface area contributed by atoms with Gasteiger partial charge < -0.3 is 9.80 Å². The van der Waals surface area contributed by atoms with Gasteiger partial charge in [-0.25, -0.2) is 4.39 Å². The number of hydrogen-bond donors (Lipinski definition) is 0. The Morgan fingerprint density at radius 3 is 2.38 bits per heavy atom. The maximum atomic E-state index is 13.6. The van der Waals surface area contributed by atoms with Crippen molar-refractivity contribution < 1.29 is 14.0 Å². The van der Waals surface area contributed by atoms with Crippen LogP contribution in [0.3, 0.4) is 0 Å². The summed E-state index contributed by atoms with van der Waals surface area (Å²) < 4.78 is 13.2. The van der Waals surface area contributed by atoms with Crippen LogP contribution < -0.4 is 0 Å². The standard InChI is InChI=1S/C27H27FN2O2/c1-29(26(31)21-14-16-22(28)17-15-21)19-23-11-7-8-18-30(23)27(32)25-13-6-5-12-24(25)20-9-3-2-4-10-20/h2-6,9-10,12-17,23H,7-8,11,18-19H2,1H3/t23-/m0/s1. The van der Waals surface area contributed by atoms with Gasteiger partial charge in [0.2, 0.25) is 0 Å². The Labute approximate surface area is 188 Å². The zero-order valence-electron chi connectivity index (χ0n) is 18.2. The molecule has 164 valence electrons. The van der Waals surface area contributed by atoms with Gasteiger partial charge in [-0.3, -0.25) is 9.59 Å². The summed E-state index contributed by atoms with van der Waals surface area (Å²) in [4.78, 5) is 30.0. The van der Waals surface area contributed by atoms with Crippen LogP contribution in [0, 0.1) is 5.82 Å². The third-order valence-corrected chi connectivity index (χ3v) is 6.05. The van der Waals surface area contributed by atoms with Crippen molar-refractivity contribution in [3.8, 4) is 11.1 Å². The summed E-state index contributed by atoms with van der Waals surface area (Å²) in [6.07, 6.45) is 2.82. The van der Waals surface area contributed by atoms with Crippen molar-refractivity contribution in [3.63, 3.8) is 0 Å². The smallest absolute Gasteiger partial charge is 0.254 e. The number of hydrogen-bond acceptors (Lipinski definition) is 2. The second kappa shape index (κ2) is 9.77. The summed E-state index contributed by atoms with van der Waals surface area (Å²) in [6.45, 7) is 1.11. The van der Waals surface area contributed by atoms with Crippen molar-refractivity contribution >= 4 is 11.8 Å². The minimum atomic E-state index is -0.370. The number of benzene rings is 3. The first-order valence-electron chi connectivity index (χ1n) is 11.0. The van der Waals surface area contributed by atoms with Gasteiger partial charge in [-0.15, -0.1) is 0 Å². The van der Waals surface area contributed by atoms with Crippen molar-refractivity contribution in [1.29, 1.82) is 0 Å². The Morgan fingerprint density at radius 2 is 1.62 bits per heavy atom. The monoisotopic (exact) mass is 430 g/mol. The Morgan fingerprint density at radius 1 is 0.938 bits per heavy atom. The normalized spacial score (nSPS) is 15.9. The molecule has 0 unspecified atom stereocenters. The summed E-state index contributed by atoms with van der Waals surface area (Å²) in [7, 11) is 1.74. The quantitative estimate of drug-likeness (QED) is 0.554. The lowest BCUT2D eigenvalue weighted by Crippen LogP contribution is -2.49. The first kappa shape index (κ1) is 21.8. The average molecular weight is 431 g/mol. The number of carbonyl (C=O) groups excluding carboxylic acids is 2. The van der Waals surface area contributed by atoms with Crippen molar-refractivity contribution in [2.24, 2.45) is 0 Å². The van der Waals surface area contributed by atoms with E-state index < -0.39 is 0 Å². The van der Waals surface area contributed by atoms with Gasteiger partial charge >= 0.3 is 0 Å². The molecule has 0 spiro atoms. The predicted molar refractivity (Wildman–Crippen MR) is 124 cm³/mol. The summed E-state index contributed by atoms with van der Waals surface area (Å²) in [5.74, 6) is -0.547. The number of likely N-dealkylation sites (tertiary alicyclic amines) is 1. The van der Waals surface area contributed by atoms with E-state index in [1.54, 1.807) is 11.9 Å². The molecule has 1 aliphatic rings. The molecule has 5 heteroatoms. The summed E-state index contributed by atoms with van der Waals surface area (Å²) >= 11 is 0. The molecule has 0 saturated carbocycles. The van der Waals surface area contributed by atoms with E-state index in [4.69, 9.17) is 0 Å². The fraction of sp³-hybridized carbons (Fsp3) is 0.259. The van der Waals surface area contributed by atoms with E-state index in [-0.39, 0.29) is 23.7 Å². The molecule has 1 heterocycles. The fourth-order valence-electron chi connectivity index (χ4n) is 4.36. The fourth-order valence-corrected chi connectivity index (χ4v) is 4.36. The largest absolute Gasteiger partial charge is 0.340 e. The second-order valence-corrected chi connectivity index (χ2v) is 8.25. The van der Waals surface area contributed by atoms with E-state index in [9.17, 15) is 14.0 Å². The number of rotatable bonds is 5. The molecule has 32 heavy (non-hydrogen) atoms. The van der Waals surface area contributed by atoms with Crippen molar-refractivity contribution in [2.75, 3.05) is 20.1 Å². The van der Waals surface area contributed by atoms with Gasteiger partial charge in [-0.1, -0.05) is 48.5 Å². The zero-order valence-corrected chi connectivity index (χ0v) is 18.2. The third kappa shape index (κ3) is 4.72. The number of piperidine rings is 1. The van der Waals surface area contributed by atoms with Crippen LogP contribution in [0.4, 0.5) is 4.39 Å². The van der Waals surface area contributed by atoms with Crippen LogP contribution in [0.5, 0.6) is 0 Å². The molecule has 1 aliphatic heterocycles. The molecule has 3 aromatic rings. The van der Waals surface area contributed by atoms with E-state index in [2.05, 4.69) is 0 Å². The van der Waals surface area contributed by atoms with Crippen LogP contribution in [0.15, 0.2) is 78.9 Å². The van der Waals surface area contributed by atoms with E-state index >= 15 is 0 Å². The molecule has 0 N–H and O–H groups in total.